The van der Waals surface area contributed by atoms with Gasteiger partial charge in [-0.1, -0.05) is 11.8 Å². The predicted octanol–water partition coefficient (Wildman–Crippen LogP) is 3.51. The van der Waals surface area contributed by atoms with Gasteiger partial charge in [-0.2, -0.15) is 8.78 Å². The summed E-state index contributed by atoms with van der Waals surface area (Å²) in [6, 6.07) is 2.72. The molecule has 0 saturated carbocycles. The molecule has 1 aromatic carbocycles. The lowest BCUT2D eigenvalue weighted by Crippen LogP contribution is -2.32. The molecule has 0 unspecified atom stereocenters. The van der Waals surface area contributed by atoms with Gasteiger partial charge in [0.15, 0.2) is 0 Å². The average molecular weight is 391 g/mol. The number of rotatable bonds is 3. The molecular formula is C15H17BrF2N2O3. The average Bonchev–Trinajstić information content (AvgIpc) is 2.36. The summed E-state index contributed by atoms with van der Waals surface area (Å²) in [6.45, 7) is 2.29. The molecule has 1 amide bonds. The van der Waals surface area contributed by atoms with Crippen LogP contribution in [0.5, 0.6) is 5.75 Å². The molecule has 0 heterocycles. The number of amides is 1. The summed E-state index contributed by atoms with van der Waals surface area (Å²) >= 11 is 3.08. The molecule has 8 heteroatoms. The Kier molecular flexibility index (Phi) is 6.63. The number of ether oxygens (including phenoxy) is 2. The first-order chi connectivity index (χ1) is 10.6. The topological polar surface area (TPSA) is 73.6 Å². The lowest BCUT2D eigenvalue weighted by Gasteiger charge is -2.19. The molecule has 1 aromatic rings. The molecule has 0 fully saturated rings. The van der Waals surface area contributed by atoms with E-state index in [1.807, 2.05) is 0 Å². The third kappa shape index (κ3) is 7.19. The van der Waals surface area contributed by atoms with E-state index in [2.05, 4.69) is 37.8 Å². The summed E-state index contributed by atoms with van der Waals surface area (Å²) in [5.74, 6) is 5.27. The lowest BCUT2D eigenvalue weighted by molar-refractivity contribution is -0.0503. The van der Waals surface area contributed by atoms with Crippen LogP contribution in [0.2, 0.25) is 0 Å². The molecule has 0 aromatic heterocycles. The fraction of sp³-hybridized carbons (Fsp3) is 0.400. The first-order valence-corrected chi connectivity index (χ1v) is 7.37. The maximum absolute atomic E-state index is 12.3. The minimum absolute atomic E-state index is 0.0233. The van der Waals surface area contributed by atoms with Crippen LogP contribution in [0.1, 0.15) is 26.3 Å². The quantitative estimate of drug-likeness (QED) is 0.611. The van der Waals surface area contributed by atoms with E-state index in [1.165, 1.54) is 12.1 Å². The minimum atomic E-state index is -2.95. The van der Waals surface area contributed by atoms with Crippen molar-refractivity contribution in [2.24, 2.45) is 0 Å². The van der Waals surface area contributed by atoms with Crippen molar-refractivity contribution in [2.75, 3.05) is 12.3 Å². The molecule has 0 aliphatic carbocycles. The fourth-order valence-electron chi connectivity index (χ4n) is 1.43. The molecule has 0 spiro atoms. The second-order valence-corrected chi connectivity index (χ2v) is 6.26. The number of anilines is 1. The Balaban J connectivity index is 2.73. The number of halogens is 3. The van der Waals surface area contributed by atoms with E-state index >= 15 is 0 Å². The second kappa shape index (κ2) is 8.02. The molecule has 0 atom stereocenters. The summed E-state index contributed by atoms with van der Waals surface area (Å²) in [6.07, 6.45) is -0.600. The molecule has 0 radical (unpaired) electrons. The van der Waals surface area contributed by atoms with Crippen molar-refractivity contribution in [3.05, 3.63) is 22.2 Å². The summed E-state index contributed by atoms with van der Waals surface area (Å²) in [7, 11) is 0. The third-order valence-corrected chi connectivity index (χ3v) is 2.88. The van der Waals surface area contributed by atoms with Crippen LogP contribution in [0.3, 0.4) is 0 Å². The van der Waals surface area contributed by atoms with E-state index < -0.39 is 18.3 Å². The maximum atomic E-state index is 12.3. The molecular weight excluding hydrogens is 374 g/mol. The van der Waals surface area contributed by atoms with Gasteiger partial charge in [0.1, 0.15) is 11.4 Å². The highest BCUT2D eigenvalue weighted by atomic mass is 79.9. The number of alkyl halides is 2. The van der Waals surface area contributed by atoms with Gasteiger partial charge < -0.3 is 20.5 Å². The van der Waals surface area contributed by atoms with Gasteiger partial charge in [-0.25, -0.2) is 4.79 Å². The van der Waals surface area contributed by atoms with E-state index in [4.69, 9.17) is 10.5 Å². The molecule has 0 bridgehead atoms. The Morgan fingerprint density at radius 3 is 2.65 bits per heavy atom. The third-order valence-electron chi connectivity index (χ3n) is 2.26. The minimum Gasteiger partial charge on any atom is -0.444 e. The lowest BCUT2D eigenvalue weighted by atomic mass is 10.2. The molecule has 5 nitrogen and oxygen atoms in total. The highest BCUT2D eigenvalue weighted by molar-refractivity contribution is 9.10. The van der Waals surface area contributed by atoms with E-state index in [9.17, 15) is 13.6 Å². The van der Waals surface area contributed by atoms with Crippen molar-refractivity contribution >= 4 is 27.7 Å². The Morgan fingerprint density at radius 1 is 1.43 bits per heavy atom. The summed E-state index contributed by atoms with van der Waals surface area (Å²) < 4.78 is 34.3. The molecule has 3 N–H and O–H groups in total. The van der Waals surface area contributed by atoms with Crippen LogP contribution in [-0.2, 0) is 4.74 Å². The monoisotopic (exact) mass is 390 g/mol. The van der Waals surface area contributed by atoms with E-state index in [1.54, 1.807) is 20.8 Å². The van der Waals surface area contributed by atoms with Crippen molar-refractivity contribution in [3.63, 3.8) is 0 Å². The van der Waals surface area contributed by atoms with E-state index in [-0.39, 0.29) is 12.3 Å². The zero-order valence-corrected chi connectivity index (χ0v) is 14.5. The zero-order valence-electron chi connectivity index (χ0n) is 12.9. The molecule has 0 aliphatic heterocycles. The van der Waals surface area contributed by atoms with Gasteiger partial charge in [0.25, 0.3) is 0 Å². The SMILES string of the molecule is CC(C)(C)OC(=O)NCC#Cc1cc(OC(F)F)c(Br)cc1N. The van der Waals surface area contributed by atoms with Gasteiger partial charge in [-0.3, -0.25) is 0 Å². The van der Waals surface area contributed by atoms with Gasteiger partial charge in [0.05, 0.1) is 16.6 Å². The van der Waals surface area contributed by atoms with Crippen LogP contribution < -0.4 is 15.8 Å². The van der Waals surface area contributed by atoms with Crippen LogP contribution in [0.25, 0.3) is 0 Å². The van der Waals surface area contributed by atoms with Gasteiger partial charge in [0.2, 0.25) is 0 Å². The van der Waals surface area contributed by atoms with E-state index in [0.29, 0.717) is 15.7 Å². The number of nitrogen functional groups attached to an aromatic ring is 1. The highest BCUT2D eigenvalue weighted by Crippen LogP contribution is 2.30. The van der Waals surface area contributed by atoms with Crippen molar-refractivity contribution < 1.29 is 23.0 Å². The fourth-order valence-corrected chi connectivity index (χ4v) is 1.89. The van der Waals surface area contributed by atoms with Crippen molar-refractivity contribution in [3.8, 4) is 17.6 Å². The number of alkyl carbamates (subject to hydrolysis) is 1. The first kappa shape index (κ1) is 19.0. The number of benzene rings is 1. The van der Waals surface area contributed by atoms with Gasteiger partial charge in [-0.15, -0.1) is 0 Å². The Labute approximate surface area is 141 Å². The number of hydrogen-bond donors (Lipinski definition) is 2. The van der Waals surface area contributed by atoms with Gasteiger partial charge in [0, 0.05) is 5.69 Å². The Morgan fingerprint density at radius 2 is 2.09 bits per heavy atom. The zero-order chi connectivity index (χ0) is 17.6. The summed E-state index contributed by atoms with van der Waals surface area (Å²) in [5, 5.41) is 2.45. The predicted molar refractivity (Wildman–Crippen MR) is 86.3 cm³/mol. The Bertz CT molecular complexity index is 634. The molecule has 1 rings (SSSR count). The van der Waals surface area contributed by atoms with E-state index in [0.717, 1.165) is 0 Å². The standard InChI is InChI=1S/C15H17BrF2N2O3/c1-15(2,3)23-14(21)20-6-4-5-9-7-12(22-13(17)18)10(16)8-11(9)19/h7-8,13H,6,19H2,1-3H3,(H,20,21). The summed E-state index contributed by atoms with van der Waals surface area (Å²) in [5.41, 5.74) is 5.77. The molecule has 0 saturated heterocycles. The van der Waals surface area contributed by atoms with Crippen LogP contribution in [0.15, 0.2) is 16.6 Å². The number of hydrogen-bond acceptors (Lipinski definition) is 4. The molecule has 126 valence electrons. The van der Waals surface area contributed by atoms with Crippen molar-refractivity contribution in [1.29, 1.82) is 0 Å². The maximum Gasteiger partial charge on any atom is 0.408 e. The molecule has 0 aliphatic rings. The first-order valence-electron chi connectivity index (χ1n) is 6.58. The van der Waals surface area contributed by atoms with Crippen molar-refractivity contribution in [2.45, 2.75) is 33.0 Å². The van der Waals surface area contributed by atoms with Gasteiger partial charge in [-0.05, 0) is 48.8 Å². The normalized spacial score (nSPS) is 10.7. The van der Waals surface area contributed by atoms with Crippen LogP contribution in [0, 0.1) is 11.8 Å². The summed E-state index contributed by atoms with van der Waals surface area (Å²) in [4.78, 5) is 11.4. The van der Waals surface area contributed by atoms with Crippen LogP contribution in [-0.4, -0.2) is 24.9 Å². The number of carbonyl (C=O) groups excluding carboxylic acids is 1. The van der Waals surface area contributed by atoms with Crippen LogP contribution >= 0.6 is 15.9 Å². The second-order valence-electron chi connectivity index (χ2n) is 5.41. The van der Waals surface area contributed by atoms with Gasteiger partial charge >= 0.3 is 12.7 Å². The Hall–Kier alpha value is -2.01. The highest BCUT2D eigenvalue weighted by Gasteiger charge is 2.15. The number of carbonyl (C=O) groups is 1. The molecule has 23 heavy (non-hydrogen) atoms. The number of nitrogens with one attached hydrogen (secondary N) is 1. The largest absolute Gasteiger partial charge is 0.444 e. The smallest absolute Gasteiger partial charge is 0.408 e. The van der Waals surface area contributed by atoms with Crippen molar-refractivity contribution in [1.82, 2.24) is 5.32 Å². The number of nitrogens with two attached hydrogens (primary N) is 1. The van der Waals surface area contributed by atoms with Crippen LogP contribution in [0.4, 0.5) is 19.3 Å².